The zero-order chi connectivity index (χ0) is 14.7. The van der Waals surface area contributed by atoms with Crippen LogP contribution in [0.25, 0.3) is 0 Å². The number of anilines is 1. The standard InChI is InChI=1S/C14H19NO5/c1-8-3-4-9(20-8)7-19-13-5-10(14(16)17)11(15)6-12(13)18-2/h5-6,8-9H,3-4,7,15H2,1-2H3,(H,16,17). The highest BCUT2D eigenvalue weighted by Gasteiger charge is 2.23. The highest BCUT2D eigenvalue weighted by molar-refractivity contribution is 5.94. The summed E-state index contributed by atoms with van der Waals surface area (Å²) in [4.78, 5) is 11.1. The molecule has 1 aliphatic rings. The molecular formula is C14H19NO5. The average Bonchev–Trinajstić information content (AvgIpc) is 2.82. The Hall–Kier alpha value is -1.95. The van der Waals surface area contributed by atoms with Gasteiger partial charge in [-0.1, -0.05) is 0 Å². The first-order valence-electron chi connectivity index (χ1n) is 6.50. The molecule has 1 heterocycles. The number of hydrogen-bond acceptors (Lipinski definition) is 5. The Bertz CT molecular complexity index is 503. The van der Waals surface area contributed by atoms with Crippen LogP contribution in [0.15, 0.2) is 12.1 Å². The summed E-state index contributed by atoms with van der Waals surface area (Å²) in [5.41, 5.74) is 5.81. The van der Waals surface area contributed by atoms with Crippen LogP contribution in [-0.2, 0) is 4.74 Å². The van der Waals surface area contributed by atoms with Crippen LogP contribution in [0.3, 0.4) is 0 Å². The van der Waals surface area contributed by atoms with Crippen molar-refractivity contribution < 1.29 is 24.1 Å². The number of methoxy groups -OCH3 is 1. The SMILES string of the molecule is COc1cc(N)c(C(=O)O)cc1OCC1CCC(C)O1. The van der Waals surface area contributed by atoms with Gasteiger partial charge in [0.05, 0.1) is 30.6 Å². The third-order valence-corrected chi connectivity index (χ3v) is 3.31. The highest BCUT2D eigenvalue weighted by atomic mass is 16.6. The van der Waals surface area contributed by atoms with Gasteiger partial charge in [0.2, 0.25) is 0 Å². The van der Waals surface area contributed by atoms with E-state index in [0.717, 1.165) is 12.8 Å². The van der Waals surface area contributed by atoms with Gasteiger partial charge >= 0.3 is 5.97 Å². The molecule has 20 heavy (non-hydrogen) atoms. The van der Waals surface area contributed by atoms with E-state index in [-0.39, 0.29) is 23.5 Å². The molecule has 0 amide bonds. The van der Waals surface area contributed by atoms with Crippen LogP contribution < -0.4 is 15.2 Å². The van der Waals surface area contributed by atoms with Crippen LogP contribution in [0.1, 0.15) is 30.1 Å². The number of aromatic carboxylic acids is 1. The number of carboxylic acid groups (broad SMARTS) is 1. The second-order valence-corrected chi connectivity index (χ2v) is 4.85. The Morgan fingerprint density at radius 1 is 1.45 bits per heavy atom. The molecule has 2 rings (SSSR count). The molecule has 1 aliphatic heterocycles. The summed E-state index contributed by atoms with van der Waals surface area (Å²) in [5.74, 6) is -0.318. The van der Waals surface area contributed by atoms with E-state index < -0.39 is 5.97 Å². The summed E-state index contributed by atoms with van der Waals surface area (Å²) in [6, 6.07) is 2.84. The maximum Gasteiger partial charge on any atom is 0.337 e. The fraction of sp³-hybridized carbons (Fsp3) is 0.500. The molecule has 0 aliphatic carbocycles. The number of carbonyl (C=O) groups is 1. The summed E-state index contributed by atoms with van der Waals surface area (Å²) < 4.78 is 16.4. The van der Waals surface area contributed by atoms with Gasteiger partial charge in [-0.15, -0.1) is 0 Å². The predicted octanol–water partition coefficient (Wildman–Crippen LogP) is 1.92. The fourth-order valence-corrected chi connectivity index (χ4v) is 2.22. The topological polar surface area (TPSA) is 91.0 Å². The fourth-order valence-electron chi connectivity index (χ4n) is 2.22. The molecule has 0 spiro atoms. The van der Waals surface area contributed by atoms with Crippen LogP contribution in [0.5, 0.6) is 11.5 Å². The maximum absolute atomic E-state index is 11.1. The zero-order valence-electron chi connectivity index (χ0n) is 11.6. The van der Waals surface area contributed by atoms with Crippen LogP contribution in [0, 0.1) is 0 Å². The lowest BCUT2D eigenvalue weighted by Crippen LogP contribution is -2.18. The molecule has 6 nitrogen and oxygen atoms in total. The molecular weight excluding hydrogens is 262 g/mol. The summed E-state index contributed by atoms with van der Waals surface area (Å²) in [7, 11) is 1.48. The zero-order valence-corrected chi connectivity index (χ0v) is 11.6. The first-order chi connectivity index (χ1) is 9.51. The number of carboxylic acids is 1. The number of hydrogen-bond donors (Lipinski definition) is 2. The Kier molecular flexibility index (Phi) is 4.34. The minimum atomic E-state index is -1.10. The van der Waals surface area contributed by atoms with Gasteiger partial charge < -0.3 is 25.1 Å². The lowest BCUT2D eigenvalue weighted by atomic mass is 10.1. The predicted molar refractivity (Wildman–Crippen MR) is 73.4 cm³/mol. The molecule has 1 saturated heterocycles. The molecule has 0 bridgehead atoms. The molecule has 0 aromatic heterocycles. The van der Waals surface area contributed by atoms with Crippen molar-refractivity contribution in [2.45, 2.75) is 32.0 Å². The largest absolute Gasteiger partial charge is 0.493 e. The Morgan fingerprint density at radius 2 is 2.20 bits per heavy atom. The van der Waals surface area contributed by atoms with Crippen molar-refractivity contribution >= 4 is 11.7 Å². The molecule has 1 aromatic carbocycles. The van der Waals surface area contributed by atoms with E-state index in [1.807, 2.05) is 6.92 Å². The third-order valence-electron chi connectivity index (χ3n) is 3.31. The third kappa shape index (κ3) is 3.14. The Labute approximate surface area is 117 Å². The van der Waals surface area contributed by atoms with Gasteiger partial charge in [0.25, 0.3) is 0 Å². The summed E-state index contributed by atoms with van der Waals surface area (Å²) in [6.07, 6.45) is 2.21. The molecule has 6 heteroatoms. The first kappa shape index (κ1) is 14.5. The lowest BCUT2D eigenvalue weighted by molar-refractivity contribution is 0.0259. The normalized spacial score (nSPS) is 21.7. The summed E-state index contributed by atoms with van der Waals surface area (Å²) in [5, 5.41) is 9.07. The van der Waals surface area contributed by atoms with E-state index in [1.54, 1.807) is 0 Å². The van der Waals surface area contributed by atoms with Crippen molar-refractivity contribution in [3.05, 3.63) is 17.7 Å². The van der Waals surface area contributed by atoms with E-state index >= 15 is 0 Å². The van der Waals surface area contributed by atoms with Crippen LogP contribution >= 0.6 is 0 Å². The minimum absolute atomic E-state index is 0.00140. The Balaban J connectivity index is 2.13. The second-order valence-electron chi connectivity index (χ2n) is 4.85. The van der Waals surface area contributed by atoms with Gasteiger partial charge in [0.15, 0.2) is 11.5 Å². The van der Waals surface area contributed by atoms with Gasteiger partial charge in [-0.2, -0.15) is 0 Å². The number of ether oxygens (including phenoxy) is 3. The van der Waals surface area contributed by atoms with Gasteiger partial charge in [0, 0.05) is 12.1 Å². The van der Waals surface area contributed by atoms with E-state index in [2.05, 4.69) is 0 Å². The molecule has 3 N–H and O–H groups in total. The van der Waals surface area contributed by atoms with Gasteiger partial charge in [0.1, 0.15) is 6.61 Å². The van der Waals surface area contributed by atoms with Crippen molar-refractivity contribution in [2.75, 3.05) is 19.5 Å². The molecule has 2 atom stereocenters. The van der Waals surface area contributed by atoms with E-state index in [9.17, 15) is 4.79 Å². The molecule has 0 radical (unpaired) electrons. The highest BCUT2D eigenvalue weighted by Crippen LogP contribution is 2.33. The van der Waals surface area contributed by atoms with Crippen molar-refractivity contribution in [3.8, 4) is 11.5 Å². The Morgan fingerprint density at radius 3 is 2.75 bits per heavy atom. The van der Waals surface area contributed by atoms with Crippen molar-refractivity contribution in [1.82, 2.24) is 0 Å². The number of benzene rings is 1. The van der Waals surface area contributed by atoms with Crippen molar-refractivity contribution in [1.29, 1.82) is 0 Å². The molecule has 2 unspecified atom stereocenters. The van der Waals surface area contributed by atoms with Crippen LogP contribution in [-0.4, -0.2) is 37.0 Å². The van der Waals surface area contributed by atoms with Crippen molar-refractivity contribution in [2.24, 2.45) is 0 Å². The number of rotatable bonds is 5. The molecule has 110 valence electrons. The van der Waals surface area contributed by atoms with E-state index in [4.69, 9.17) is 25.1 Å². The first-order valence-corrected chi connectivity index (χ1v) is 6.50. The number of nitrogens with two attached hydrogens (primary N) is 1. The quantitative estimate of drug-likeness (QED) is 0.801. The van der Waals surface area contributed by atoms with Crippen LogP contribution in [0.2, 0.25) is 0 Å². The molecule has 0 saturated carbocycles. The van der Waals surface area contributed by atoms with E-state index in [0.29, 0.717) is 18.1 Å². The summed E-state index contributed by atoms with van der Waals surface area (Å²) in [6.45, 7) is 2.38. The van der Waals surface area contributed by atoms with Crippen molar-refractivity contribution in [3.63, 3.8) is 0 Å². The van der Waals surface area contributed by atoms with Crippen LogP contribution in [0.4, 0.5) is 5.69 Å². The van der Waals surface area contributed by atoms with Gasteiger partial charge in [-0.05, 0) is 19.8 Å². The molecule has 1 aromatic rings. The second kappa shape index (κ2) is 6.00. The minimum Gasteiger partial charge on any atom is -0.493 e. The van der Waals surface area contributed by atoms with Gasteiger partial charge in [-0.3, -0.25) is 0 Å². The smallest absolute Gasteiger partial charge is 0.337 e. The maximum atomic E-state index is 11.1. The summed E-state index contributed by atoms with van der Waals surface area (Å²) >= 11 is 0. The monoisotopic (exact) mass is 281 g/mol. The number of nitrogen functional groups attached to an aromatic ring is 1. The average molecular weight is 281 g/mol. The van der Waals surface area contributed by atoms with Gasteiger partial charge in [-0.25, -0.2) is 4.79 Å². The molecule has 1 fully saturated rings. The van der Waals surface area contributed by atoms with E-state index in [1.165, 1.54) is 19.2 Å². The lowest BCUT2D eigenvalue weighted by Gasteiger charge is -2.16.